The molecule has 0 amide bonds. The second-order valence-electron chi connectivity index (χ2n) is 3.74. The highest BCUT2D eigenvalue weighted by atomic mass is 16.7. The quantitative estimate of drug-likeness (QED) is 0.457. The van der Waals surface area contributed by atoms with E-state index in [0.717, 1.165) is 5.56 Å². The summed E-state index contributed by atoms with van der Waals surface area (Å²) in [5.41, 5.74) is 6.15. The van der Waals surface area contributed by atoms with Crippen molar-refractivity contribution >= 4 is 12.1 Å². The van der Waals surface area contributed by atoms with Gasteiger partial charge in [-0.05, 0) is 24.1 Å². The van der Waals surface area contributed by atoms with Crippen LogP contribution in [-0.4, -0.2) is 29.9 Å². The minimum absolute atomic E-state index is 0.0738. The second-order valence-corrected chi connectivity index (χ2v) is 3.74. The van der Waals surface area contributed by atoms with Crippen LogP contribution in [0.25, 0.3) is 0 Å². The molecular weight excluding hydrogens is 250 g/mol. The van der Waals surface area contributed by atoms with E-state index >= 15 is 0 Å². The van der Waals surface area contributed by atoms with E-state index in [1.807, 2.05) is 0 Å². The van der Waals surface area contributed by atoms with Crippen molar-refractivity contribution in [2.45, 2.75) is 12.5 Å². The van der Waals surface area contributed by atoms with E-state index < -0.39 is 18.2 Å². The fourth-order valence-electron chi connectivity index (χ4n) is 1.29. The minimum Gasteiger partial charge on any atom is -0.480 e. The molecular formula is C13H15NO5. The molecule has 1 atom stereocenters. The number of carbonyl (C=O) groups excluding carboxylic acids is 1. The van der Waals surface area contributed by atoms with Crippen molar-refractivity contribution in [3.8, 4) is 5.75 Å². The van der Waals surface area contributed by atoms with E-state index in [9.17, 15) is 9.59 Å². The summed E-state index contributed by atoms with van der Waals surface area (Å²) in [6.45, 7) is 3.47. The molecule has 6 heteroatoms. The molecule has 0 radical (unpaired) electrons. The molecule has 0 aliphatic rings. The van der Waals surface area contributed by atoms with Crippen molar-refractivity contribution in [2.24, 2.45) is 5.73 Å². The maximum atomic E-state index is 11.1. The summed E-state index contributed by atoms with van der Waals surface area (Å²) in [6.07, 6.45) is 0.809. The topological polar surface area (TPSA) is 98.9 Å². The van der Waals surface area contributed by atoms with Gasteiger partial charge in [0.2, 0.25) is 0 Å². The zero-order chi connectivity index (χ0) is 14.3. The van der Waals surface area contributed by atoms with Crippen LogP contribution in [0.3, 0.4) is 0 Å². The van der Waals surface area contributed by atoms with Crippen LogP contribution in [0.4, 0.5) is 4.79 Å². The Morgan fingerprint density at radius 2 is 2.00 bits per heavy atom. The largest absolute Gasteiger partial charge is 0.514 e. The summed E-state index contributed by atoms with van der Waals surface area (Å²) in [4.78, 5) is 21.7. The molecule has 19 heavy (non-hydrogen) atoms. The number of nitrogens with two attached hydrogens (primary N) is 1. The van der Waals surface area contributed by atoms with Gasteiger partial charge in [-0.15, -0.1) is 0 Å². The SMILES string of the molecule is C=CCOC(=O)Oc1ccc(CC(N)C(=O)O)cc1. The fraction of sp³-hybridized carbons (Fsp3) is 0.231. The van der Waals surface area contributed by atoms with E-state index in [1.54, 1.807) is 24.3 Å². The Bertz CT molecular complexity index is 455. The smallest absolute Gasteiger partial charge is 0.480 e. The van der Waals surface area contributed by atoms with Crippen molar-refractivity contribution < 1.29 is 24.2 Å². The van der Waals surface area contributed by atoms with Crippen molar-refractivity contribution in [1.82, 2.24) is 0 Å². The van der Waals surface area contributed by atoms with Crippen molar-refractivity contribution in [3.05, 3.63) is 42.5 Å². The van der Waals surface area contributed by atoms with Gasteiger partial charge in [-0.25, -0.2) is 4.79 Å². The van der Waals surface area contributed by atoms with Gasteiger partial charge >= 0.3 is 12.1 Å². The Balaban J connectivity index is 2.54. The van der Waals surface area contributed by atoms with Gasteiger partial charge in [-0.1, -0.05) is 24.8 Å². The van der Waals surface area contributed by atoms with Gasteiger partial charge in [0.05, 0.1) is 0 Å². The van der Waals surface area contributed by atoms with Gasteiger partial charge in [0.15, 0.2) is 0 Å². The van der Waals surface area contributed by atoms with Crippen LogP contribution in [0.1, 0.15) is 5.56 Å². The molecule has 0 aliphatic heterocycles. The number of carbonyl (C=O) groups is 2. The number of carboxylic acids is 1. The zero-order valence-electron chi connectivity index (χ0n) is 10.2. The van der Waals surface area contributed by atoms with Crippen molar-refractivity contribution in [2.75, 3.05) is 6.61 Å². The average molecular weight is 265 g/mol. The van der Waals surface area contributed by atoms with Crippen LogP contribution >= 0.6 is 0 Å². The molecule has 1 aromatic rings. The number of hydrogen-bond acceptors (Lipinski definition) is 5. The summed E-state index contributed by atoms with van der Waals surface area (Å²) in [7, 11) is 0. The highest BCUT2D eigenvalue weighted by Gasteiger charge is 2.12. The third kappa shape index (κ3) is 5.22. The molecule has 102 valence electrons. The molecule has 0 saturated heterocycles. The maximum absolute atomic E-state index is 11.1. The first kappa shape index (κ1) is 14.7. The molecule has 1 unspecified atom stereocenters. The number of benzene rings is 1. The van der Waals surface area contributed by atoms with E-state index in [2.05, 4.69) is 11.3 Å². The molecule has 1 rings (SSSR count). The molecule has 0 saturated carbocycles. The lowest BCUT2D eigenvalue weighted by molar-refractivity contribution is -0.138. The first-order chi connectivity index (χ1) is 9.02. The summed E-state index contributed by atoms with van der Waals surface area (Å²) in [5.74, 6) is -0.755. The second kappa shape index (κ2) is 7.17. The van der Waals surface area contributed by atoms with Gasteiger partial charge in [-0.3, -0.25) is 4.79 Å². The molecule has 0 spiro atoms. The van der Waals surface area contributed by atoms with Crippen LogP contribution in [-0.2, 0) is 16.0 Å². The molecule has 0 heterocycles. The minimum atomic E-state index is -1.06. The highest BCUT2D eigenvalue weighted by molar-refractivity contribution is 5.73. The normalized spacial score (nSPS) is 11.4. The molecule has 6 nitrogen and oxygen atoms in total. The summed E-state index contributed by atoms with van der Waals surface area (Å²) < 4.78 is 9.51. The van der Waals surface area contributed by atoms with Gasteiger partial charge in [0.25, 0.3) is 0 Å². The van der Waals surface area contributed by atoms with Crippen molar-refractivity contribution in [3.63, 3.8) is 0 Å². The Kier molecular flexibility index (Phi) is 5.56. The van der Waals surface area contributed by atoms with Gasteiger partial charge in [0, 0.05) is 0 Å². The van der Waals surface area contributed by atoms with Crippen LogP contribution < -0.4 is 10.5 Å². The Hall–Kier alpha value is -2.34. The fourth-order valence-corrected chi connectivity index (χ4v) is 1.29. The monoisotopic (exact) mass is 265 g/mol. The Morgan fingerprint density at radius 1 is 1.37 bits per heavy atom. The Morgan fingerprint density at radius 3 is 2.53 bits per heavy atom. The summed E-state index contributed by atoms with van der Waals surface area (Å²) in [5, 5.41) is 8.68. The van der Waals surface area contributed by atoms with Gasteiger partial charge in [-0.2, -0.15) is 0 Å². The highest BCUT2D eigenvalue weighted by Crippen LogP contribution is 2.14. The van der Waals surface area contributed by atoms with Crippen LogP contribution in [0.2, 0.25) is 0 Å². The molecule has 0 fully saturated rings. The number of carboxylic acid groups (broad SMARTS) is 1. The lowest BCUT2D eigenvalue weighted by atomic mass is 10.1. The van der Waals surface area contributed by atoms with E-state index in [-0.39, 0.29) is 13.0 Å². The van der Waals surface area contributed by atoms with E-state index in [4.69, 9.17) is 15.6 Å². The molecule has 0 bridgehead atoms. The van der Waals surface area contributed by atoms with Gasteiger partial charge < -0.3 is 20.3 Å². The molecule has 1 aromatic carbocycles. The maximum Gasteiger partial charge on any atom is 0.514 e. The first-order valence-corrected chi connectivity index (χ1v) is 5.55. The summed E-state index contributed by atoms with van der Waals surface area (Å²) in [6, 6.07) is 5.40. The van der Waals surface area contributed by atoms with Crippen LogP contribution in [0, 0.1) is 0 Å². The van der Waals surface area contributed by atoms with Crippen LogP contribution in [0.15, 0.2) is 36.9 Å². The molecule has 0 aromatic heterocycles. The number of hydrogen-bond donors (Lipinski definition) is 2. The number of ether oxygens (including phenoxy) is 2. The van der Waals surface area contributed by atoms with E-state index in [1.165, 1.54) is 6.08 Å². The van der Waals surface area contributed by atoms with Crippen LogP contribution in [0.5, 0.6) is 5.75 Å². The number of aliphatic carboxylic acids is 1. The Labute approximate surface area is 110 Å². The van der Waals surface area contributed by atoms with Gasteiger partial charge in [0.1, 0.15) is 18.4 Å². The lowest BCUT2D eigenvalue weighted by Gasteiger charge is -2.07. The van der Waals surface area contributed by atoms with Crippen molar-refractivity contribution in [1.29, 1.82) is 0 Å². The predicted molar refractivity (Wildman–Crippen MR) is 67.9 cm³/mol. The zero-order valence-corrected chi connectivity index (χ0v) is 10.2. The summed E-state index contributed by atoms with van der Waals surface area (Å²) >= 11 is 0. The molecule has 0 aliphatic carbocycles. The standard InChI is InChI=1S/C13H15NO5/c1-2-7-18-13(17)19-10-5-3-9(4-6-10)8-11(14)12(15)16/h2-6,11H,1,7-8,14H2,(H,15,16). The average Bonchev–Trinajstić information content (AvgIpc) is 2.38. The lowest BCUT2D eigenvalue weighted by Crippen LogP contribution is -2.32. The van der Waals surface area contributed by atoms with E-state index in [0.29, 0.717) is 5.75 Å². The third-order valence-corrected chi connectivity index (χ3v) is 2.22. The first-order valence-electron chi connectivity index (χ1n) is 5.55. The number of rotatable bonds is 6. The third-order valence-electron chi connectivity index (χ3n) is 2.22. The molecule has 3 N–H and O–H groups in total. The predicted octanol–water partition coefficient (Wildman–Crippen LogP) is 1.34.